The lowest BCUT2D eigenvalue weighted by Crippen LogP contribution is -2.11. The van der Waals surface area contributed by atoms with Crippen LogP contribution in [0.1, 0.15) is 16.8 Å². The van der Waals surface area contributed by atoms with Crippen LogP contribution in [0.25, 0.3) is 22.4 Å². The van der Waals surface area contributed by atoms with Crippen LogP contribution in [0.15, 0.2) is 43.0 Å². The first kappa shape index (κ1) is 18.9. The summed E-state index contributed by atoms with van der Waals surface area (Å²) in [6.07, 6.45) is 0.00747. The van der Waals surface area contributed by atoms with Crippen molar-refractivity contribution in [2.24, 2.45) is 7.05 Å². The SMILES string of the molecule is Cc1cc2c(ncn2C)c(Nc2cc(C(F)(F)F)nc(-c3cccnc3)n2)c1C. The monoisotopic (exact) mass is 398 g/mol. The minimum atomic E-state index is -4.61. The Morgan fingerprint density at radius 3 is 2.59 bits per heavy atom. The lowest BCUT2D eigenvalue weighted by molar-refractivity contribution is -0.141. The molecule has 4 rings (SSSR count). The molecule has 4 aromatic rings. The highest BCUT2D eigenvalue weighted by Gasteiger charge is 2.34. The number of pyridine rings is 1. The highest BCUT2D eigenvalue weighted by atomic mass is 19.4. The molecule has 3 aromatic heterocycles. The Balaban J connectivity index is 1.88. The number of imidazole rings is 1. The van der Waals surface area contributed by atoms with Gasteiger partial charge < -0.3 is 9.88 Å². The molecule has 0 radical (unpaired) electrons. The van der Waals surface area contributed by atoms with E-state index in [9.17, 15) is 13.2 Å². The van der Waals surface area contributed by atoms with E-state index in [2.05, 4.69) is 25.3 Å². The van der Waals surface area contributed by atoms with Crippen LogP contribution in [0.5, 0.6) is 0 Å². The molecule has 0 unspecified atom stereocenters. The maximum atomic E-state index is 13.5. The molecular formula is C20H17F3N6. The van der Waals surface area contributed by atoms with E-state index < -0.39 is 11.9 Å². The second-order valence-electron chi connectivity index (χ2n) is 6.74. The van der Waals surface area contributed by atoms with Crippen molar-refractivity contribution in [2.45, 2.75) is 20.0 Å². The van der Waals surface area contributed by atoms with Crippen LogP contribution in [0.3, 0.4) is 0 Å². The number of nitrogens with zero attached hydrogens (tertiary/aromatic N) is 5. The average Bonchev–Trinajstić information content (AvgIpc) is 3.05. The molecule has 1 aromatic carbocycles. The standard InChI is InChI=1S/C20H17F3N6/c1-11-7-14-18(25-10-29(14)3)17(12(11)2)27-16-8-15(20(21,22)23)26-19(28-16)13-5-4-6-24-9-13/h4-10H,1-3H3,(H,26,27,28). The molecule has 6 nitrogen and oxygen atoms in total. The van der Waals surface area contributed by atoms with E-state index >= 15 is 0 Å². The van der Waals surface area contributed by atoms with E-state index in [1.54, 1.807) is 18.5 Å². The van der Waals surface area contributed by atoms with Crippen molar-refractivity contribution in [2.75, 3.05) is 5.32 Å². The predicted molar refractivity (Wildman–Crippen MR) is 104 cm³/mol. The maximum absolute atomic E-state index is 13.5. The second kappa shape index (κ2) is 6.84. The Bertz CT molecular complexity index is 1200. The van der Waals surface area contributed by atoms with Gasteiger partial charge >= 0.3 is 6.18 Å². The number of nitrogens with one attached hydrogen (secondary N) is 1. The summed E-state index contributed by atoms with van der Waals surface area (Å²) >= 11 is 0. The molecule has 0 amide bonds. The van der Waals surface area contributed by atoms with Gasteiger partial charge in [0.2, 0.25) is 0 Å². The third kappa shape index (κ3) is 3.51. The van der Waals surface area contributed by atoms with Gasteiger partial charge in [-0.15, -0.1) is 0 Å². The molecule has 9 heteroatoms. The summed E-state index contributed by atoms with van der Waals surface area (Å²) in [6, 6.07) is 6.12. The quantitative estimate of drug-likeness (QED) is 0.537. The largest absolute Gasteiger partial charge is 0.433 e. The van der Waals surface area contributed by atoms with Gasteiger partial charge in [0.25, 0.3) is 0 Å². The van der Waals surface area contributed by atoms with Gasteiger partial charge in [0, 0.05) is 31.1 Å². The molecule has 0 bridgehead atoms. The number of hydrogen-bond acceptors (Lipinski definition) is 5. The molecule has 0 atom stereocenters. The van der Waals surface area contributed by atoms with E-state index in [0.717, 1.165) is 22.7 Å². The topological polar surface area (TPSA) is 68.5 Å². The number of fused-ring (bicyclic) bond motifs is 1. The van der Waals surface area contributed by atoms with Gasteiger partial charge in [-0.1, -0.05) is 0 Å². The van der Waals surface area contributed by atoms with Gasteiger partial charge in [0.15, 0.2) is 11.5 Å². The third-order valence-corrected chi connectivity index (χ3v) is 4.73. The Hall–Kier alpha value is -3.49. The Morgan fingerprint density at radius 1 is 1.10 bits per heavy atom. The first-order valence-corrected chi connectivity index (χ1v) is 8.79. The normalized spacial score (nSPS) is 11.8. The van der Waals surface area contributed by atoms with Gasteiger partial charge in [0.05, 0.1) is 17.5 Å². The third-order valence-electron chi connectivity index (χ3n) is 4.73. The van der Waals surface area contributed by atoms with Crippen molar-refractivity contribution in [1.29, 1.82) is 0 Å². The number of halogens is 3. The van der Waals surface area contributed by atoms with Crippen LogP contribution in [0, 0.1) is 13.8 Å². The predicted octanol–water partition coefficient (Wildman–Crippen LogP) is 4.80. The van der Waals surface area contributed by atoms with Gasteiger partial charge in [-0.05, 0) is 43.2 Å². The molecule has 0 saturated carbocycles. The summed E-state index contributed by atoms with van der Waals surface area (Å²) in [5.74, 6) is -0.0233. The number of alkyl halides is 3. The first-order valence-electron chi connectivity index (χ1n) is 8.79. The molecule has 0 aliphatic rings. The zero-order valence-electron chi connectivity index (χ0n) is 15.9. The van der Waals surface area contributed by atoms with Crippen LogP contribution >= 0.6 is 0 Å². The minimum absolute atomic E-state index is 0.0341. The van der Waals surface area contributed by atoms with E-state index in [4.69, 9.17) is 0 Å². The summed E-state index contributed by atoms with van der Waals surface area (Å²) in [5.41, 5.74) is 3.37. The van der Waals surface area contributed by atoms with Crippen LogP contribution in [0.4, 0.5) is 24.7 Å². The van der Waals surface area contributed by atoms with Crippen LogP contribution in [-0.4, -0.2) is 24.5 Å². The number of rotatable bonds is 3. The molecular weight excluding hydrogens is 381 g/mol. The average molecular weight is 398 g/mol. The van der Waals surface area contributed by atoms with Crippen LogP contribution in [-0.2, 0) is 13.2 Å². The molecule has 0 aliphatic carbocycles. The van der Waals surface area contributed by atoms with Crippen molar-refractivity contribution >= 4 is 22.5 Å². The van der Waals surface area contributed by atoms with Crippen LogP contribution in [0.2, 0.25) is 0 Å². The van der Waals surface area contributed by atoms with E-state index in [0.29, 0.717) is 16.8 Å². The van der Waals surface area contributed by atoms with Crippen molar-refractivity contribution in [3.63, 3.8) is 0 Å². The first-order chi connectivity index (χ1) is 13.7. The fraction of sp³-hybridized carbons (Fsp3) is 0.200. The van der Waals surface area contributed by atoms with E-state index in [1.165, 1.54) is 12.4 Å². The summed E-state index contributed by atoms with van der Waals surface area (Å²) < 4.78 is 42.2. The minimum Gasteiger partial charge on any atom is -0.338 e. The van der Waals surface area contributed by atoms with Gasteiger partial charge in [-0.2, -0.15) is 13.2 Å². The number of anilines is 2. The molecule has 148 valence electrons. The number of benzene rings is 1. The van der Waals surface area contributed by atoms with E-state index in [1.807, 2.05) is 31.5 Å². The lowest BCUT2D eigenvalue weighted by Gasteiger charge is -2.15. The van der Waals surface area contributed by atoms with Gasteiger partial charge in [-0.3, -0.25) is 4.98 Å². The summed E-state index contributed by atoms with van der Waals surface area (Å²) in [5, 5.41) is 3.04. The molecule has 0 spiro atoms. The maximum Gasteiger partial charge on any atom is 0.433 e. The molecule has 3 heterocycles. The second-order valence-corrected chi connectivity index (χ2v) is 6.74. The number of aryl methyl sites for hydroxylation is 2. The van der Waals surface area contributed by atoms with Crippen molar-refractivity contribution < 1.29 is 13.2 Å². The fourth-order valence-electron chi connectivity index (χ4n) is 3.05. The fourth-order valence-corrected chi connectivity index (χ4v) is 3.05. The number of hydrogen-bond donors (Lipinski definition) is 1. The molecule has 0 fully saturated rings. The summed E-state index contributed by atoms with van der Waals surface area (Å²) in [4.78, 5) is 16.3. The van der Waals surface area contributed by atoms with Crippen molar-refractivity contribution in [1.82, 2.24) is 24.5 Å². The highest BCUT2D eigenvalue weighted by molar-refractivity contribution is 5.93. The van der Waals surface area contributed by atoms with Crippen LogP contribution < -0.4 is 5.32 Å². The highest BCUT2D eigenvalue weighted by Crippen LogP contribution is 2.34. The Morgan fingerprint density at radius 2 is 1.90 bits per heavy atom. The summed E-state index contributed by atoms with van der Waals surface area (Å²) in [6.45, 7) is 3.83. The molecule has 0 aliphatic heterocycles. The Labute approximate surface area is 164 Å². The van der Waals surface area contributed by atoms with Gasteiger partial charge in [0.1, 0.15) is 11.3 Å². The van der Waals surface area contributed by atoms with Crippen molar-refractivity contribution in [3.05, 3.63) is 59.8 Å². The smallest absolute Gasteiger partial charge is 0.338 e. The van der Waals surface area contributed by atoms with Crippen molar-refractivity contribution in [3.8, 4) is 11.4 Å². The molecule has 0 saturated heterocycles. The Kier molecular flexibility index (Phi) is 4.45. The van der Waals surface area contributed by atoms with E-state index in [-0.39, 0.29) is 11.6 Å². The lowest BCUT2D eigenvalue weighted by atomic mass is 10.1. The molecule has 29 heavy (non-hydrogen) atoms. The van der Waals surface area contributed by atoms with Gasteiger partial charge in [-0.25, -0.2) is 15.0 Å². The zero-order chi connectivity index (χ0) is 20.8. The summed E-state index contributed by atoms with van der Waals surface area (Å²) in [7, 11) is 1.86. The zero-order valence-corrected chi connectivity index (χ0v) is 15.9. The molecule has 1 N–H and O–H groups in total. The number of aromatic nitrogens is 5.